The standard InChI is InChI=1S/C19H21N5O5S3/c1-23(2)32(28,29)24(3)16-8-4-14(5-9-16)18(25)21-15-6-10-17(11-7-15)31(26,27)22-19-20-12-13-30-19/h4-13H,1-3H3,(H,20,22)(H,21,25). The number of benzene rings is 2. The second-order valence-electron chi connectivity index (χ2n) is 6.73. The van der Waals surface area contributed by atoms with Crippen LogP contribution in [-0.2, 0) is 20.2 Å². The molecule has 3 rings (SSSR count). The number of nitrogens with zero attached hydrogens (tertiary/aromatic N) is 3. The van der Waals surface area contributed by atoms with Crippen LogP contribution in [0.15, 0.2) is 65.0 Å². The number of carbonyl (C=O) groups is 1. The number of carbonyl (C=O) groups excluding carboxylic acids is 1. The van der Waals surface area contributed by atoms with Gasteiger partial charge in [0.15, 0.2) is 5.13 Å². The van der Waals surface area contributed by atoms with Gasteiger partial charge in [0.05, 0.1) is 10.6 Å². The first-order valence-corrected chi connectivity index (χ1v) is 12.9. The van der Waals surface area contributed by atoms with Gasteiger partial charge in [-0.1, -0.05) is 0 Å². The summed E-state index contributed by atoms with van der Waals surface area (Å²) in [5.41, 5.74) is 1.11. The zero-order valence-corrected chi connectivity index (χ0v) is 19.8. The minimum Gasteiger partial charge on any atom is -0.322 e. The number of aromatic nitrogens is 1. The maximum Gasteiger partial charge on any atom is 0.303 e. The van der Waals surface area contributed by atoms with Crippen LogP contribution in [0.5, 0.6) is 0 Å². The Balaban J connectivity index is 1.68. The van der Waals surface area contributed by atoms with Crippen molar-refractivity contribution in [2.75, 3.05) is 35.5 Å². The van der Waals surface area contributed by atoms with Gasteiger partial charge >= 0.3 is 10.2 Å². The van der Waals surface area contributed by atoms with E-state index in [1.165, 1.54) is 75.9 Å². The molecule has 13 heteroatoms. The van der Waals surface area contributed by atoms with E-state index in [9.17, 15) is 21.6 Å². The molecule has 0 saturated heterocycles. The van der Waals surface area contributed by atoms with Gasteiger partial charge in [-0.25, -0.2) is 13.4 Å². The molecule has 1 amide bonds. The van der Waals surface area contributed by atoms with Gasteiger partial charge in [-0.05, 0) is 48.5 Å². The predicted octanol–water partition coefficient (Wildman–Crippen LogP) is 2.44. The monoisotopic (exact) mass is 495 g/mol. The normalized spacial score (nSPS) is 11.9. The van der Waals surface area contributed by atoms with Crippen molar-refractivity contribution in [3.8, 4) is 0 Å². The molecule has 0 aliphatic carbocycles. The first-order chi connectivity index (χ1) is 15.0. The molecule has 0 spiro atoms. The van der Waals surface area contributed by atoms with Crippen molar-refractivity contribution in [2.24, 2.45) is 0 Å². The quantitative estimate of drug-likeness (QED) is 0.494. The van der Waals surface area contributed by atoms with Crippen LogP contribution >= 0.6 is 11.3 Å². The molecule has 0 radical (unpaired) electrons. The van der Waals surface area contributed by atoms with E-state index < -0.39 is 26.1 Å². The third kappa shape index (κ3) is 5.24. The molecule has 10 nitrogen and oxygen atoms in total. The Morgan fingerprint density at radius 1 is 0.938 bits per heavy atom. The summed E-state index contributed by atoms with van der Waals surface area (Å²) in [7, 11) is -3.14. The SMILES string of the molecule is CN(C)S(=O)(=O)N(C)c1ccc(C(=O)Nc2ccc(S(=O)(=O)Nc3nccs3)cc2)cc1. The van der Waals surface area contributed by atoms with Gasteiger partial charge in [-0.2, -0.15) is 12.7 Å². The van der Waals surface area contributed by atoms with Crippen LogP contribution in [0.25, 0.3) is 0 Å². The zero-order chi connectivity index (χ0) is 23.5. The fourth-order valence-corrected chi connectivity index (χ4v) is 5.24. The molecule has 1 aromatic heterocycles. The van der Waals surface area contributed by atoms with Crippen molar-refractivity contribution >= 4 is 54.0 Å². The van der Waals surface area contributed by atoms with Gasteiger partial charge in [0, 0.05) is 44.0 Å². The molecule has 0 bridgehead atoms. The van der Waals surface area contributed by atoms with E-state index >= 15 is 0 Å². The highest BCUT2D eigenvalue weighted by molar-refractivity contribution is 7.93. The van der Waals surface area contributed by atoms with Crippen molar-refractivity contribution in [1.82, 2.24) is 9.29 Å². The number of hydrogen-bond acceptors (Lipinski definition) is 7. The molecular weight excluding hydrogens is 474 g/mol. The van der Waals surface area contributed by atoms with E-state index in [0.717, 1.165) is 19.9 Å². The lowest BCUT2D eigenvalue weighted by Crippen LogP contribution is -2.37. The Bertz CT molecular complexity index is 1290. The molecule has 2 N–H and O–H groups in total. The van der Waals surface area contributed by atoms with Crippen molar-refractivity contribution in [1.29, 1.82) is 0 Å². The Hall–Kier alpha value is -3.00. The molecule has 32 heavy (non-hydrogen) atoms. The van der Waals surface area contributed by atoms with Crippen LogP contribution in [0, 0.1) is 0 Å². The molecule has 3 aromatic rings. The molecule has 0 aliphatic rings. The number of thiazole rings is 1. The molecule has 1 heterocycles. The topological polar surface area (TPSA) is 129 Å². The number of nitrogens with one attached hydrogen (secondary N) is 2. The minimum absolute atomic E-state index is 0.0280. The van der Waals surface area contributed by atoms with Crippen LogP contribution in [-0.4, -0.2) is 53.2 Å². The van der Waals surface area contributed by atoms with Crippen molar-refractivity contribution in [3.05, 3.63) is 65.7 Å². The van der Waals surface area contributed by atoms with Crippen molar-refractivity contribution < 1.29 is 21.6 Å². The molecule has 0 unspecified atom stereocenters. The average molecular weight is 496 g/mol. The maximum absolute atomic E-state index is 12.5. The lowest BCUT2D eigenvalue weighted by molar-refractivity contribution is 0.102. The molecule has 170 valence electrons. The first kappa shape index (κ1) is 23.7. The third-order valence-corrected chi connectivity index (χ3v) is 8.38. The summed E-state index contributed by atoms with van der Waals surface area (Å²) in [4.78, 5) is 16.4. The van der Waals surface area contributed by atoms with E-state index in [1.807, 2.05) is 0 Å². The average Bonchev–Trinajstić information content (AvgIpc) is 3.26. The number of hydrogen-bond donors (Lipinski definition) is 2. The van der Waals surface area contributed by atoms with Gasteiger partial charge in [-0.15, -0.1) is 11.3 Å². The zero-order valence-electron chi connectivity index (χ0n) is 17.4. The summed E-state index contributed by atoms with van der Waals surface area (Å²) in [5.74, 6) is -0.425. The summed E-state index contributed by atoms with van der Waals surface area (Å²) in [6, 6.07) is 11.7. The van der Waals surface area contributed by atoms with Gasteiger partial charge in [0.1, 0.15) is 0 Å². The van der Waals surface area contributed by atoms with Crippen LogP contribution in [0.4, 0.5) is 16.5 Å². The highest BCUT2D eigenvalue weighted by Crippen LogP contribution is 2.21. The van der Waals surface area contributed by atoms with E-state index in [1.54, 1.807) is 5.38 Å². The highest BCUT2D eigenvalue weighted by Gasteiger charge is 2.21. The lowest BCUT2D eigenvalue weighted by atomic mass is 10.2. The molecule has 0 fully saturated rings. The number of rotatable bonds is 8. The fourth-order valence-electron chi connectivity index (χ4n) is 2.57. The van der Waals surface area contributed by atoms with Crippen LogP contribution in [0.3, 0.4) is 0 Å². The van der Waals surface area contributed by atoms with Crippen LogP contribution in [0.1, 0.15) is 10.4 Å². The summed E-state index contributed by atoms with van der Waals surface area (Å²) >= 11 is 1.16. The summed E-state index contributed by atoms with van der Waals surface area (Å²) in [6.07, 6.45) is 1.49. The largest absolute Gasteiger partial charge is 0.322 e. The summed E-state index contributed by atoms with van der Waals surface area (Å²) < 4.78 is 53.7. The third-order valence-electron chi connectivity index (χ3n) is 4.38. The van der Waals surface area contributed by atoms with Crippen molar-refractivity contribution in [2.45, 2.75) is 4.90 Å². The smallest absolute Gasteiger partial charge is 0.303 e. The minimum atomic E-state index is -3.78. The van der Waals surface area contributed by atoms with Crippen LogP contribution in [0.2, 0.25) is 0 Å². The van der Waals surface area contributed by atoms with Crippen LogP contribution < -0.4 is 14.3 Å². The second-order valence-corrected chi connectivity index (χ2v) is 11.5. The highest BCUT2D eigenvalue weighted by atomic mass is 32.2. The van der Waals surface area contributed by atoms with E-state index in [4.69, 9.17) is 0 Å². The van der Waals surface area contributed by atoms with E-state index in [2.05, 4.69) is 15.0 Å². The summed E-state index contributed by atoms with van der Waals surface area (Å²) in [5, 5.41) is 4.59. The second kappa shape index (κ2) is 9.24. The molecule has 0 atom stereocenters. The number of anilines is 3. The van der Waals surface area contributed by atoms with Gasteiger partial charge in [-0.3, -0.25) is 13.8 Å². The van der Waals surface area contributed by atoms with Gasteiger partial charge < -0.3 is 5.32 Å². The molecule has 0 aliphatic heterocycles. The fraction of sp³-hybridized carbons (Fsp3) is 0.158. The van der Waals surface area contributed by atoms with Crippen molar-refractivity contribution in [3.63, 3.8) is 0 Å². The first-order valence-electron chi connectivity index (χ1n) is 9.11. The Morgan fingerprint density at radius 2 is 1.56 bits per heavy atom. The van der Waals surface area contributed by atoms with Gasteiger partial charge in [0.25, 0.3) is 15.9 Å². The molecule has 2 aromatic carbocycles. The Morgan fingerprint density at radius 3 is 2.09 bits per heavy atom. The Labute approximate surface area is 190 Å². The molecular formula is C19H21N5O5S3. The lowest BCUT2D eigenvalue weighted by Gasteiger charge is -2.23. The summed E-state index contributed by atoms with van der Waals surface area (Å²) in [6.45, 7) is 0. The Kier molecular flexibility index (Phi) is 6.83. The van der Waals surface area contributed by atoms with E-state index in [-0.39, 0.29) is 10.0 Å². The van der Waals surface area contributed by atoms with E-state index in [0.29, 0.717) is 16.9 Å². The molecule has 0 saturated carbocycles. The van der Waals surface area contributed by atoms with Gasteiger partial charge in [0.2, 0.25) is 0 Å². The predicted molar refractivity (Wildman–Crippen MR) is 125 cm³/mol. The number of sulfonamides is 1. The number of amides is 1. The maximum atomic E-state index is 12.5.